The number of nitrogens with one attached hydrogen (secondary N) is 1. The Morgan fingerprint density at radius 2 is 2.17 bits per heavy atom. The molecule has 0 fully saturated rings. The van der Waals surface area contributed by atoms with E-state index >= 15 is 0 Å². The third-order valence-corrected chi connectivity index (χ3v) is 3.30. The van der Waals surface area contributed by atoms with Crippen LogP contribution in [0.3, 0.4) is 0 Å². The molecule has 0 bridgehead atoms. The molecule has 18 heavy (non-hydrogen) atoms. The second-order valence-electron chi connectivity index (χ2n) is 4.84. The van der Waals surface area contributed by atoms with Gasteiger partial charge in [-0.05, 0) is 42.8 Å². The molecular weight excluding hydrogens is 266 g/mol. The molecule has 2 rings (SSSR count). The molecule has 96 valence electrons. The lowest BCUT2D eigenvalue weighted by Gasteiger charge is -2.10. The van der Waals surface area contributed by atoms with Gasteiger partial charge in [-0.1, -0.05) is 31.5 Å². The predicted octanol–water partition coefficient (Wildman–Crippen LogP) is 4.23. The number of benzene rings is 1. The number of rotatable bonds is 3. The quantitative estimate of drug-likeness (QED) is 0.855. The first kappa shape index (κ1) is 13.3. The van der Waals surface area contributed by atoms with Gasteiger partial charge in [0.1, 0.15) is 0 Å². The standard InChI is InChI=1S/C13H16ClN3S/c1-8(2)7-17-12(15-16-13(17)18)10-5-4-9(3)6-11(10)14/h4-6,8H,7H2,1-3H3,(H,16,18). The number of halogens is 1. The van der Waals surface area contributed by atoms with Crippen molar-refractivity contribution in [3.05, 3.63) is 33.6 Å². The van der Waals surface area contributed by atoms with Crippen LogP contribution in [0, 0.1) is 17.6 Å². The lowest BCUT2D eigenvalue weighted by Crippen LogP contribution is -2.06. The van der Waals surface area contributed by atoms with E-state index in [0.29, 0.717) is 15.7 Å². The molecule has 0 aliphatic carbocycles. The molecule has 0 atom stereocenters. The van der Waals surface area contributed by atoms with Gasteiger partial charge in [0.15, 0.2) is 10.6 Å². The van der Waals surface area contributed by atoms with Crippen molar-refractivity contribution in [3.63, 3.8) is 0 Å². The summed E-state index contributed by atoms with van der Waals surface area (Å²) in [5, 5.41) is 7.83. The molecule has 0 saturated carbocycles. The number of nitrogens with zero attached hydrogens (tertiary/aromatic N) is 2. The van der Waals surface area contributed by atoms with Gasteiger partial charge < -0.3 is 0 Å². The van der Waals surface area contributed by atoms with E-state index in [1.807, 2.05) is 29.7 Å². The number of aromatic amines is 1. The maximum atomic E-state index is 6.28. The maximum absolute atomic E-state index is 6.28. The lowest BCUT2D eigenvalue weighted by molar-refractivity contribution is 0.521. The van der Waals surface area contributed by atoms with E-state index in [4.69, 9.17) is 23.8 Å². The van der Waals surface area contributed by atoms with E-state index in [1.54, 1.807) is 0 Å². The van der Waals surface area contributed by atoms with Gasteiger partial charge in [0.25, 0.3) is 0 Å². The largest absolute Gasteiger partial charge is 0.300 e. The van der Waals surface area contributed by atoms with Crippen LogP contribution in [-0.4, -0.2) is 14.8 Å². The van der Waals surface area contributed by atoms with Crippen LogP contribution in [-0.2, 0) is 6.54 Å². The zero-order chi connectivity index (χ0) is 13.3. The Balaban J connectivity index is 2.54. The van der Waals surface area contributed by atoms with Crippen molar-refractivity contribution in [1.82, 2.24) is 14.8 Å². The van der Waals surface area contributed by atoms with Crippen molar-refractivity contribution < 1.29 is 0 Å². The van der Waals surface area contributed by atoms with Crippen molar-refractivity contribution in [2.45, 2.75) is 27.3 Å². The second-order valence-corrected chi connectivity index (χ2v) is 5.63. The highest BCUT2D eigenvalue weighted by molar-refractivity contribution is 7.71. The summed E-state index contributed by atoms with van der Waals surface area (Å²) in [5.41, 5.74) is 2.04. The summed E-state index contributed by atoms with van der Waals surface area (Å²) in [5.74, 6) is 1.30. The smallest absolute Gasteiger partial charge is 0.195 e. The normalized spacial score (nSPS) is 11.2. The average Bonchev–Trinajstić information content (AvgIpc) is 2.60. The Morgan fingerprint density at radius 1 is 1.44 bits per heavy atom. The summed E-state index contributed by atoms with van der Waals surface area (Å²) in [4.78, 5) is 0. The number of hydrogen-bond acceptors (Lipinski definition) is 2. The van der Waals surface area contributed by atoms with Gasteiger partial charge in [0.2, 0.25) is 0 Å². The van der Waals surface area contributed by atoms with Crippen LogP contribution in [0.25, 0.3) is 11.4 Å². The van der Waals surface area contributed by atoms with E-state index in [-0.39, 0.29) is 0 Å². The molecule has 0 aliphatic rings. The summed E-state index contributed by atoms with van der Waals surface area (Å²) in [6.07, 6.45) is 0. The molecule has 0 unspecified atom stereocenters. The number of aromatic nitrogens is 3. The predicted molar refractivity (Wildman–Crippen MR) is 77.4 cm³/mol. The summed E-state index contributed by atoms with van der Waals surface area (Å²) in [6.45, 7) is 7.14. The highest BCUT2D eigenvalue weighted by atomic mass is 35.5. The van der Waals surface area contributed by atoms with E-state index in [0.717, 1.165) is 23.5 Å². The van der Waals surface area contributed by atoms with E-state index in [9.17, 15) is 0 Å². The first-order valence-corrected chi connectivity index (χ1v) is 6.69. The van der Waals surface area contributed by atoms with Crippen LogP contribution in [0.1, 0.15) is 19.4 Å². The Kier molecular flexibility index (Phi) is 3.88. The Morgan fingerprint density at radius 3 is 2.78 bits per heavy atom. The molecular formula is C13H16ClN3S. The highest BCUT2D eigenvalue weighted by Crippen LogP contribution is 2.27. The average molecular weight is 282 g/mol. The van der Waals surface area contributed by atoms with Crippen molar-refractivity contribution in [2.24, 2.45) is 5.92 Å². The topological polar surface area (TPSA) is 33.6 Å². The van der Waals surface area contributed by atoms with Crippen molar-refractivity contribution in [1.29, 1.82) is 0 Å². The molecule has 1 aromatic heterocycles. The summed E-state index contributed by atoms with van der Waals surface area (Å²) < 4.78 is 2.63. The summed E-state index contributed by atoms with van der Waals surface area (Å²) in [7, 11) is 0. The zero-order valence-corrected chi connectivity index (χ0v) is 12.3. The van der Waals surface area contributed by atoms with Gasteiger partial charge in [-0.3, -0.25) is 9.67 Å². The fourth-order valence-electron chi connectivity index (χ4n) is 1.86. The summed E-state index contributed by atoms with van der Waals surface area (Å²) >= 11 is 11.5. The molecule has 0 amide bonds. The first-order chi connectivity index (χ1) is 8.49. The second kappa shape index (κ2) is 5.24. The monoisotopic (exact) mass is 281 g/mol. The van der Waals surface area contributed by atoms with Gasteiger partial charge in [-0.25, -0.2) is 0 Å². The fourth-order valence-corrected chi connectivity index (χ4v) is 2.39. The van der Waals surface area contributed by atoms with Gasteiger partial charge in [-0.2, -0.15) is 5.10 Å². The molecule has 5 heteroatoms. The molecule has 1 heterocycles. The van der Waals surface area contributed by atoms with Crippen LogP contribution in [0.5, 0.6) is 0 Å². The van der Waals surface area contributed by atoms with E-state index in [1.165, 1.54) is 0 Å². The third-order valence-electron chi connectivity index (χ3n) is 2.67. The van der Waals surface area contributed by atoms with Gasteiger partial charge in [0, 0.05) is 12.1 Å². The Bertz CT molecular complexity index is 613. The van der Waals surface area contributed by atoms with Gasteiger partial charge in [-0.15, -0.1) is 0 Å². The molecule has 0 saturated heterocycles. The minimum absolute atomic E-state index is 0.497. The van der Waals surface area contributed by atoms with Gasteiger partial charge >= 0.3 is 0 Å². The minimum atomic E-state index is 0.497. The van der Waals surface area contributed by atoms with E-state index in [2.05, 4.69) is 24.0 Å². The molecule has 3 nitrogen and oxygen atoms in total. The number of H-pyrrole nitrogens is 1. The molecule has 1 aromatic carbocycles. The van der Waals surface area contributed by atoms with E-state index < -0.39 is 0 Å². The zero-order valence-electron chi connectivity index (χ0n) is 10.7. The Labute approximate surface area is 117 Å². The van der Waals surface area contributed by atoms with Crippen LogP contribution < -0.4 is 0 Å². The molecule has 0 spiro atoms. The number of aryl methyl sites for hydroxylation is 1. The summed E-state index contributed by atoms with van der Waals surface area (Å²) in [6, 6.07) is 5.95. The highest BCUT2D eigenvalue weighted by Gasteiger charge is 2.13. The SMILES string of the molecule is Cc1ccc(-c2n[nH]c(=S)n2CC(C)C)c(Cl)c1. The molecule has 2 aromatic rings. The number of hydrogen-bond donors (Lipinski definition) is 1. The van der Waals surface area contributed by atoms with Crippen LogP contribution >= 0.6 is 23.8 Å². The van der Waals surface area contributed by atoms with Crippen LogP contribution in [0.4, 0.5) is 0 Å². The maximum Gasteiger partial charge on any atom is 0.195 e. The minimum Gasteiger partial charge on any atom is -0.300 e. The van der Waals surface area contributed by atoms with Crippen LogP contribution in [0.15, 0.2) is 18.2 Å². The van der Waals surface area contributed by atoms with Crippen LogP contribution in [0.2, 0.25) is 5.02 Å². The molecule has 0 radical (unpaired) electrons. The van der Waals surface area contributed by atoms with Crippen molar-refractivity contribution in [3.8, 4) is 11.4 Å². The lowest BCUT2D eigenvalue weighted by atomic mass is 10.1. The fraction of sp³-hybridized carbons (Fsp3) is 0.385. The Hall–Kier alpha value is -1.13. The molecule has 0 aliphatic heterocycles. The van der Waals surface area contributed by atoms with Gasteiger partial charge in [0.05, 0.1) is 5.02 Å². The van der Waals surface area contributed by atoms with Crippen molar-refractivity contribution in [2.75, 3.05) is 0 Å². The molecule has 1 N–H and O–H groups in total. The van der Waals surface area contributed by atoms with Crippen molar-refractivity contribution >= 4 is 23.8 Å². The first-order valence-electron chi connectivity index (χ1n) is 5.90. The third kappa shape index (κ3) is 2.65.